The lowest BCUT2D eigenvalue weighted by Crippen LogP contribution is -2.00. The van der Waals surface area contributed by atoms with Gasteiger partial charge in [0.05, 0.1) is 4.90 Å². The molecule has 0 heterocycles. The largest absolute Gasteiger partial charge is 0.376 e. The fourth-order valence-corrected chi connectivity index (χ4v) is 1.69. The molecular weight excluding hydrogens is 200 g/mol. The number of hydrogen-bond donors (Lipinski definition) is 1. The van der Waals surface area contributed by atoms with E-state index in [0.29, 0.717) is 5.56 Å². The highest BCUT2D eigenvalue weighted by Gasteiger charge is 2.10. The summed E-state index contributed by atoms with van der Waals surface area (Å²) in [5.41, 5.74) is 0.412. The van der Waals surface area contributed by atoms with E-state index in [0.717, 1.165) is 6.26 Å². The van der Waals surface area contributed by atoms with Crippen molar-refractivity contribution >= 4 is 9.84 Å². The van der Waals surface area contributed by atoms with Crippen molar-refractivity contribution in [2.45, 2.75) is 11.0 Å². The van der Waals surface area contributed by atoms with Crippen LogP contribution >= 0.6 is 0 Å². The van der Waals surface area contributed by atoms with Crippen LogP contribution in [0, 0.1) is 12.3 Å². The first-order chi connectivity index (χ1) is 6.45. The fourth-order valence-electron chi connectivity index (χ4n) is 1.01. The summed E-state index contributed by atoms with van der Waals surface area (Å²) in [7, 11) is -3.25. The molecule has 74 valence electrons. The number of sulfone groups is 1. The van der Waals surface area contributed by atoms with Gasteiger partial charge in [0.25, 0.3) is 0 Å². The molecule has 0 radical (unpaired) electrons. The van der Waals surface area contributed by atoms with E-state index in [1.54, 1.807) is 12.1 Å². The number of aliphatic hydroxyl groups excluding tert-OH is 1. The summed E-state index contributed by atoms with van der Waals surface area (Å²) in [6, 6.07) is 5.97. The van der Waals surface area contributed by atoms with Crippen LogP contribution in [-0.4, -0.2) is 19.8 Å². The summed E-state index contributed by atoms with van der Waals surface area (Å²) in [6.07, 6.45) is 5.06. The summed E-state index contributed by atoms with van der Waals surface area (Å²) in [6.45, 7) is 0. The third-order valence-electron chi connectivity index (χ3n) is 1.76. The zero-order chi connectivity index (χ0) is 10.8. The van der Waals surface area contributed by atoms with Crippen molar-refractivity contribution in [3.63, 3.8) is 0 Å². The third kappa shape index (κ3) is 2.34. The van der Waals surface area contributed by atoms with E-state index >= 15 is 0 Å². The Bertz CT molecular complexity index is 468. The SMILES string of the molecule is C#CC(O)c1cccc(S(C)(=O)=O)c1. The molecule has 1 unspecified atom stereocenters. The normalized spacial score (nSPS) is 13.2. The molecule has 1 N–H and O–H groups in total. The van der Waals surface area contributed by atoms with Crippen LogP contribution in [0.15, 0.2) is 29.2 Å². The van der Waals surface area contributed by atoms with E-state index in [4.69, 9.17) is 6.42 Å². The lowest BCUT2D eigenvalue weighted by molar-refractivity contribution is 0.238. The van der Waals surface area contributed by atoms with Crippen LogP contribution < -0.4 is 0 Å². The highest BCUT2D eigenvalue weighted by molar-refractivity contribution is 7.90. The van der Waals surface area contributed by atoms with Crippen LogP contribution in [0.3, 0.4) is 0 Å². The van der Waals surface area contributed by atoms with Crippen molar-refractivity contribution < 1.29 is 13.5 Å². The molecule has 3 nitrogen and oxygen atoms in total. The van der Waals surface area contributed by atoms with E-state index in [1.165, 1.54) is 12.1 Å². The van der Waals surface area contributed by atoms with Crippen molar-refractivity contribution in [1.82, 2.24) is 0 Å². The smallest absolute Gasteiger partial charge is 0.175 e. The van der Waals surface area contributed by atoms with Gasteiger partial charge in [0, 0.05) is 6.26 Å². The highest BCUT2D eigenvalue weighted by atomic mass is 32.2. The predicted octanol–water partition coefficient (Wildman–Crippen LogP) is 0.757. The molecular formula is C10H10O3S. The minimum atomic E-state index is -3.25. The summed E-state index contributed by atoms with van der Waals surface area (Å²) >= 11 is 0. The molecule has 0 amide bonds. The molecule has 1 aromatic carbocycles. The molecule has 0 aliphatic rings. The maximum absolute atomic E-state index is 11.2. The van der Waals surface area contributed by atoms with Crippen molar-refractivity contribution in [2.24, 2.45) is 0 Å². The summed E-state index contributed by atoms with van der Waals surface area (Å²) < 4.78 is 22.3. The van der Waals surface area contributed by atoms with Crippen molar-refractivity contribution in [3.8, 4) is 12.3 Å². The molecule has 1 rings (SSSR count). The van der Waals surface area contributed by atoms with E-state index < -0.39 is 15.9 Å². The first kappa shape index (κ1) is 10.8. The van der Waals surface area contributed by atoms with Gasteiger partial charge in [-0.25, -0.2) is 8.42 Å². The van der Waals surface area contributed by atoms with Gasteiger partial charge in [-0.05, 0) is 17.7 Å². The van der Waals surface area contributed by atoms with Gasteiger partial charge in [-0.3, -0.25) is 0 Å². The zero-order valence-electron chi connectivity index (χ0n) is 7.64. The molecule has 1 atom stereocenters. The average Bonchev–Trinajstić information content (AvgIpc) is 2.15. The molecule has 0 aromatic heterocycles. The molecule has 0 fully saturated rings. The van der Waals surface area contributed by atoms with Crippen molar-refractivity contribution in [1.29, 1.82) is 0 Å². The molecule has 0 aliphatic carbocycles. The molecule has 0 bridgehead atoms. The third-order valence-corrected chi connectivity index (χ3v) is 2.87. The fraction of sp³-hybridized carbons (Fsp3) is 0.200. The second-order valence-electron chi connectivity index (χ2n) is 2.91. The van der Waals surface area contributed by atoms with Crippen LogP contribution in [-0.2, 0) is 9.84 Å². The Labute approximate surface area is 83.3 Å². The quantitative estimate of drug-likeness (QED) is 0.733. The van der Waals surface area contributed by atoms with E-state index in [1.807, 2.05) is 0 Å². The minimum absolute atomic E-state index is 0.157. The van der Waals surface area contributed by atoms with Crippen molar-refractivity contribution in [3.05, 3.63) is 29.8 Å². The first-order valence-electron chi connectivity index (χ1n) is 3.89. The van der Waals surface area contributed by atoms with Gasteiger partial charge in [0.1, 0.15) is 6.10 Å². The van der Waals surface area contributed by atoms with Gasteiger partial charge in [0.15, 0.2) is 9.84 Å². The van der Waals surface area contributed by atoms with Crippen molar-refractivity contribution in [2.75, 3.05) is 6.26 Å². The number of rotatable bonds is 2. The van der Waals surface area contributed by atoms with Gasteiger partial charge in [-0.2, -0.15) is 0 Å². The Morgan fingerprint density at radius 2 is 2.14 bits per heavy atom. The van der Waals surface area contributed by atoms with Gasteiger partial charge < -0.3 is 5.11 Å². The number of aliphatic hydroxyl groups is 1. The van der Waals surface area contributed by atoms with E-state index in [9.17, 15) is 13.5 Å². The van der Waals surface area contributed by atoms with Crippen LogP contribution in [0.4, 0.5) is 0 Å². The zero-order valence-corrected chi connectivity index (χ0v) is 8.45. The Morgan fingerprint density at radius 1 is 1.50 bits per heavy atom. The van der Waals surface area contributed by atoms with E-state index in [2.05, 4.69) is 5.92 Å². The number of benzene rings is 1. The monoisotopic (exact) mass is 210 g/mol. The molecule has 14 heavy (non-hydrogen) atoms. The maximum atomic E-state index is 11.2. The molecule has 1 aromatic rings. The molecule has 0 spiro atoms. The maximum Gasteiger partial charge on any atom is 0.175 e. The van der Waals surface area contributed by atoms with Crippen LogP contribution in [0.25, 0.3) is 0 Å². The Hall–Kier alpha value is -1.31. The second-order valence-corrected chi connectivity index (χ2v) is 4.93. The topological polar surface area (TPSA) is 54.4 Å². The molecule has 0 aliphatic heterocycles. The van der Waals surface area contributed by atoms with Gasteiger partial charge >= 0.3 is 0 Å². The van der Waals surface area contributed by atoms with Gasteiger partial charge in [0.2, 0.25) is 0 Å². The Balaban J connectivity index is 3.22. The van der Waals surface area contributed by atoms with Crippen LogP contribution in [0.5, 0.6) is 0 Å². The van der Waals surface area contributed by atoms with Crippen LogP contribution in [0.1, 0.15) is 11.7 Å². The lowest BCUT2D eigenvalue weighted by Gasteiger charge is -2.05. The van der Waals surface area contributed by atoms with E-state index in [-0.39, 0.29) is 4.90 Å². The Kier molecular flexibility index (Phi) is 2.94. The lowest BCUT2D eigenvalue weighted by atomic mass is 10.1. The summed E-state index contributed by atoms with van der Waals surface area (Å²) in [5, 5.41) is 9.29. The number of terminal acetylenes is 1. The van der Waals surface area contributed by atoms with Gasteiger partial charge in [-0.15, -0.1) is 6.42 Å². The van der Waals surface area contributed by atoms with Gasteiger partial charge in [-0.1, -0.05) is 18.1 Å². The minimum Gasteiger partial charge on any atom is -0.376 e. The highest BCUT2D eigenvalue weighted by Crippen LogP contribution is 2.16. The standard InChI is InChI=1S/C10H10O3S/c1-3-10(11)8-5-4-6-9(7-8)14(2,12)13/h1,4-7,10-11H,2H3. The van der Waals surface area contributed by atoms with Crippen LogP contribution in [0.2, 0.25) is 0 Å². The molecule has 0 saturated carbocycles. The summed E-state index contributed by atoms with van der Waals surface area (Å²) in [4.78, 5) is 0.157. The summed E-state index contributed by atoms with van der Waals surface area (Å²) in [5.74, 6) is 2.12. The average molecular weight is 210 g/mol. The molecule has 0 saturated heterocycles. The number of hydrogen-bond acceptors (Lipinski definition) is 3. The predicted molar refractivity (Wildman–Crippen MR) is 53.3 cm³/mol. The second kappa shape index (κ2) is 3.82. The molecule has 4 heteroatoms. The first-order valence-corrected chi connectivity index (χ1v) is 5.78. The Morgan fingerprint density at radius 3 is 2.64 bits per heavy atom.